The van der Waals surface area contributed by atoms with Gasteiger partial charge in [-0.25, -0.2) is 4.79 Å². The highest BCUT2D eigenvalue weighted by molar-refractivity contribution is 6.08. The number of aromatic nitrogens is 2. The minimum atomic E-state index is -0.563. The number of nitrogens with zero attached hydrogens (tertiary/aromatic N) is 4. The number of anilines is 1. The first-order valence-corrected chi connectivity index (χ1v) is 18.5. The summed E-state index contributed by atoms with van der Waals surface area (Å²) in [6, 6.07) is 25.8. The highest BCUT2D eigenvalue weighted by atomic mass is 16.3. The Morgan fingerprint density at radius 3 is 2.08 bits per heavy atom. The molecule has 7 nitrogen and oxygen atoms in total. The average molecular weight is 704 g/mol. The smallest absolute Gasteiger partial charge is 0.333 e. The number of benzene rings is 4. The molecule has 1 aliphatic carbocycles. The number of hydrogen-bond acceptors (Lipinski definition) is 4. The first-order chi connectivity index (χ1) is 25.2. The second-order valence-corrected chi connectivity index (χ2v) is 15.9. The second kappa shape index (κ2) is 12.2. The summed E-state index contributed by atoms with van der Waals surface area (Å²) >= 11 is 0. The largest absolute Gasteiger partial charge is 0.494 e. The third-order valence-corrected chi connectivity index (χ3v) is 12.1. The van der Waals surface area contributed by atoms with Gasteiger partial charge in [-0.3, -0.25) is 13.9 Å². The quantitative estimate of drug-likeness (QED) is 0.191. The van der Waals surface area contributed by atoms with E-state index in [4.69, 9.17) is 0 Å². The normalized spacial score (nSPS) is 19.4. The Labute approximate surface area is 310 Å². The van der Waals surface area contributed by atoms with Crippen molar-refractivity contribution in [2.24, 2.45) is 14.1 Å². The molecular formula is C46H47N4O3+. The van der Waals surface area contributed by atoms with Gasteiger partial charge in [-0.05, 0) is 95.1 Å². The SMILES string of the molecule is CN1/C(=C/C=C2\CCCC(/C=C/C3=[N+](C)c4ccc5ccccc5c4C3(C)C)=C2c2c(O)n(C)c(=O)n(C)c2=O)C(C)(C)c2c1ccc1ccccc21. The minimum Gasteiger partial charge on any atom is -0.494 e. The van der Waals surface area contributed by atoms with Crippen molar-refractivity contribution in [3.63, 3.8) is 0 Å². The van der Waals surface area contributed by atoms with Gasteiger partial charge in [-0.1, -0.05) is 80.6 Å². The highest BCUT2D eigenvalue weighted by Crippen LogP contribution is 2.50. The molecule has 5 aromatic rings. The second-order valence-electron chi connectivity index (χ2n) is 15.9. The lowest BCUT2D eigenvalue weighted by molar-refractivity contribution is -0.401. The minimum absolute atomic E-state index is 0.158. The molecule has 53 heavy (non-hydrogen) atoms. The molecule has 0 spiro atoms. The summed E-state index contributed by atoms with van der Waals surface area (Å²) in [6.07, 6.45) is 11.0. The predicted octanol–water partition coefficient (Wildman–Crippen LogP) is 8.53. The average Bonchev–Trinajstić information content (AvgIpc) is 3.48. The third-order valence-electron chi connectivity index (χ3n) is 12.1. The molecule has 4 aromatic carbocycles. The van der Waals surface area contributed by atoms with Crippen molar-refractivity contribution in [1.29, 1.82) is 0 Å². The van der Waals surface area contributed by atoms with Crippen molar-refractivity contribution in [3.8, 4) is 5.88 Å². The summed E-state index contributed by atoms with van der Waals surface area (Å²) < 4.78 is 4.52. The van der Waals surface area contributed by atoms with E-state index < -0.39 is 11.2 Å². The van der Waals surface area contributed by atoms with E-state index in [2.05, 4.69) is 148 Å². The van der Waals surface area contributed by atoms with Gasteiger partial charge in [0.25, 0.3) is 5.56 Å². The van der Waals surface area contributed by atoms with Crippen LogP contribution in [0.5, 0.6) is 5.88 Å². The van der Waals surface area contributed by atoms with Crippen LogP contribution in [-0.2, 0) is 24.9 Å². The van der Waals surface area contributed by atoms with Crippen LogP contribution in [0, 0.1) is 0 Å². The zero-order chi connectivity index (χ0) is 37.6. The summed E-state index contributed by atoms with van der Waals surface area (Å²) in [5.41, 5.74) is 8.37. The first-order valence-electron chi connectivity index (χ1n) is 18.5. The van der Waals surface area contributed by atoms with E-state index in [1.54, 1.807) is 0 Å². The van der Waals surface area contributed by atoms with E-state index in [1.165, 1.54) is 58.1 Å². The molecule has 7 heteroatoms. The van der Waals surface area contributed by atoms with Gasteiger partial charge in [-0.15, -0.1) is 0 Å². The van der Waals surface area contributed by atoms with E-state index in [0.29, 0.717) is 5.57 Å². The van der Waals surface area contributed by atoms with E-state index >= 15 is 0 Å². The van der Waals surface area contributed by atoms with E-state index in [0.717, 1.165) is 51.0 Å². The Balaban J connectivity index is 1.30. The van der Waals surface area contributed by atoms with Crippen LogP contribution >= 0.6 is 0 Å². The molecule has 3 heterocycles. The molecule has 0 saturated heterocycles. The van der Waals surface area contributed by atoms with Crippen LogP contribution in [-0.4, -0.2) is 38.6 Å². The molecule has 0 unspecified atom stereocenters. The fourth-order valence-corrected chi connectivity index (χ4v) is 9.38. The van der Waals surface area contributed by atoms with Crippen molar-refractivity contribution >= 4 is 44.2 Å². The molecule has 2 aliphatic heterocycles. The Kier molecular flexibility index (Phi) is 7.91. The van der Waals surface area contributed by atoms with Crippen molar-refractivity contribution in [1.82, 2.24) is 9.13 Å². The number of aromatic hydroxyl groups is 1. The lowest BCUT2D eigenvalue weighted by atomic mass is 9.78. The van der Waals surface area contributed by atoms with Gasteiger partial charge >= 0.3 is 5.69 Å². The van der Waals surface area contributed by atoms with Crippen LogP contribution in [0.3, 0.4) is 0 Å². The number of likely N-dealkylation sites (N-methyl/N-ethyl adjacent to an activating group) is 1. The van der Waals surface area contributed by atoms with Gasteiger partial charge in [0.1, 0.15) is 12.6 Å². The molecule has 3 aliphatic rings. The molecule has 0 atom stereocenters. The van der Waals surface area contributed by atoms with E-state index in [-0.39, 0.29) is 22.3 Å². The first kappa shape index (κ1) is 34.4. The van der Waals surface area contributed by atoms with Gasteiger partial charge < -0.3 is 10.0 Å². The molecule has 1 aromatic heterocycles. The molecule has 0 amide bonds. The predicted molar refractivity (Wildman–Crippen MR) is 218 cm³/mol. The summed E-state index contributed by atoms with van der Waals surface area (Å²) in [4.78, 5) is 29.2. The summed E-state index contributed by atoms with van der Waals surface area (Å²) in [5.74, 6) is -0.318. The standard InChI is InChI=1S/C46H46N4O3/c1-45(2)36(47(5)34-24-20-28-14-9-11-18-32(28)40(34)45)26-22-30-16-13-17-31(38(30)39-42(51)49(7)44(53)50(8)43(39)52)23-27-37-46(3,4)41-33-19-12-10-15-29(33)21-25-35(41)48(37)6/h9-12,14-15,18-27H,13,16-17H2,1-8H3/p+1/b30-22+,36-26+. The van der Waals surface area contributed by atoms with Crippen LogP contribution in [0.2, 0.25) is 0 Å². The third kappa shape index (κ3) is 5.04. The van der Waals surface area contributed by atoms with Crippen LogP contribution in [0.15, 0.2) is 124 Å². The van der Waals surface area contributed by atoms with Crippen LogP contribution in [0.1, 0.15) is 63.6 Å². The van der Waals surface area contributed by atoms with E-state index in [1.807, 2.05) is 0 Å². The Morgan fingerprint density at radius 2 is 1.38 bits per heavy atom. The Morgan fingerprint density at radius 1 is 0.736 bits per heavy atom. The maximum Gasteiger partial charge on any atom is 0.333 e. The van der Waals surface area contributed by atoms with Crippen LogP contribution < -0.4 is 16.1 Å². The topological polar surface area (TPSA) is 70.5 Å². The molecular weight excluding hydrogens is 657 g/mol. The Bertz CT molecular complexity index is 2690. The fourth-order valence-electron chi connectivity index (χ4n) is 9.38. The molecule has 0 bridgehead atoms. The molecule has 0 saturated carbocycles. The van der Waals surface area contributed by atoms with Gasteiger partial charge in [0.15, 0.2) is 5.71 Å². The molecule has 268 valence electrons. The van der Waals surface area contributed by atoms with Gasteiger partial charge in [0.2, 0.25) is 11.6 Å². The van der Waals surface area contributed by atoms with Crippen LogP contribution in [0.25, 0.3) is 27.1 Å². The van der Waals surface area contributed by atoms with Gasteiger partial charge in [0, 0.05) is 55.6 Å². The van der Waals surface area contributed by atoms with Crippen molar-refractivity contribution in [2.45, 2.75) is 57.8 Å². The van der Waals surface area contributed by atoms with Crippen molar-refractivity contribution < 1.29 is 9.68 Å². The van der Waals surface area contributed by atoms with Gasteiger partial charge in [0.05, 0.1) is 5.41 Å². The zero-order valence-electron chi connectivity index (χ0n) is 31.9. The number of hydrogen-bond donors (Lipinski definition) is 1. The number of fused-ring (bicyclic) bond motifs is 6. The molecule has 1 N–H and O–H groups in total. The van der Waals surface area contributed by atoms with Gasteiger partial charge in [-0.2, -0.15) is 4.58 Å². The van der Waals surface area contributed by atoms with Crippen LogP contribution in [0.4, 0.5) is 11.4 Å². The molecule has 0 radical (unpaired) electrons. The Hall–Kier alpha value is -5.69. The molecule has 0 fully saturated rings. The summed E-state index contributed by atoms with van der Waals surface area (Å²) in [7, 11) is 7.22. The maximum absolute atomic E-state index is 14.0. The van der Waals surface area contributed by atoms with Crippen molar-refractivity contribution in [3.05, 3.63) is 151 Å². The summed E-state index contributed by atoms with van der Waals surface area (Å²) in [6.45, 7) is 9.07. The van der Waals surface area contributed by atoms with Crippen molar-refractivity contribution in [2.75, 3.05) is 19.0 Å². The lowest BCUT2D eigenvalue weighted by Gasteiger charge is -2.26. The number of rotatable bonds is 4. The summed E-state index contributed by atoms with van der Waals surface area (Å²) in [5, 5.41) is 16.5. The number of allylic oxidation sites excluding steroid dienone is 8. The van der Waals surface area contributed by atoms with E-state index in [9.17, 15) is 14.7 Å². The maximum atomic E-state index is 14.0. The lowest BCUT2D eigenvalue weighted by Crippen LogP contribution is -2.38. The monoisotopic (exact) mass is 703 g/mol. The molecule has 8 rings (SSSR count). The zero-order valence-corrected chi connectivity index (χ0v) is 31.9. The fraction of sp³-hybridized carbons (Fsp3) is 0.283. The highest BCUT2D eigenvalue weighted by Gasteiger charge is 2.44.